The van der Waals surface area contributed by atoms with Gasteiger partial charge in [-0.15, -0.1) is 0 Å². The van der Waals surface area contributed by atoms with E-state index in [-0.39, 0.29) is 6.04 Å². The molecule has 0 spiro atoms. The highest BCUT2D eigenvalue weighted by Crippen LogP contribution is 2.31. The molecule has 1 N–H and O–H groups in total. The van der Waals surface area contributed by atoms with E-state index in [0.29, 0.717) is 11.5 Å². The zero-order valence-corrected chi connectivity index (χ0v) is 8.06. The van der Waals surface area contributed by atoms with Gasteiger partial charge in [-0.3, -0.25) is 0 Å². The summed E-state index contributed by atoms with van der Waals surface area (Å²) in [6.45, 7) is 2.93. The molecular weight excluding hydrogens is 184 g/mol. The van der Waals surface area contributed by atoms with E-state index < -0.39 is 11.6 Å². The van der Waals surface area contributed by atoms with Gasteiger partial charge in [-0.05, 0) is 24.9 Å². The zero-order valence-electron chi connectivity index (χ0n) is 8.06. The molecular formula is C11H13F2N. The van der Waals surface area contributed by atoms with Gasteiger partial charge in [-0.25, -0.2) is 8.78 Å². The van der Waals surface area contributed by atoms with Crippen molar-refractivity contribution in [1.29, 1.82) is 0 Å². The largest absolute Gasteiger partial charge is 0.310 e. The summed E-state index contributed by atoms with van der Waals surface area (Å²) < 4.78 is 26.4. The Kier molecular flexibility index (Phi) is 2.50. The van der Waals surface area contributed by atoms with Crippen LogP contribution in [0.5, 0.6) is 0 Å². The van der Waals surface area contributed by atoms with E-state index in [1.165, 1.54) is 0 Å². The average molecular weight is 197 g/mol. The van der Waals surface area contributed by atoms with Gasteiger partial charge in [0.05, 0.1) is 0 Å². The normalized spacial score (nSPS) is 26.8. The van der Waals surface area contributed by atoms with Crippen molar-refractivity contribution in [1.82, 2.24) is 5.32 Å². The minimum Gasteiger partial charge on any atom is -0.310 e. The van der Waals surface area contributed by atoms with Crippen molar-refractivity contribution in [2.75, 3.05) is 6.54 Å². The molecule has 0 bridgehead atoms. The van der Waals surface area contributed by atoms with Crippen molar-refractivity contribution in [3.8, 4) is 0 Å². The molecule has 1 fully saturated rings. The van der Waals surface area contributed by atoms with Gasteiger partial charge in [-0.1, -0.05) is 19.1 Å². The Hall–Kier alpha value is -0.960. The standard InChI is InChI=1S/C11H13F2N/c1-7-5-6-14-11(7)8-3-2-4-9(12)10(8)13/h2-4,7,11,14H,5-6H2,1H3. The van der Waals surface area contributed by atoms with Crippen LogP contribution in [0.3, 0.4) is 0 Å². The lowest BCUT2D eigenvalue weighted by atomic mass is 9.95. The Morgan fingerprint density at radius 3 is 2.79 bits per heavy atom. The number of hydrogen-bond acceptors (Lipinski definition) is 1. The lowest BCUT2D eigenvalue weighted by Crippen LogP contribution is -2.18. The molecule has 1 aromatic rings. The fraction of sp³-hybridized carbons (Fsp3) is 0.455. The fourth-order valence-electron chi connectivity index (χ4n) is 2.01. The molecule has 1 nitrogen and oxygen atoms in total. The van der Waals surface area contributed by atoms with Crippen LogP contribution >= 0.6 is 0 Å². The summed E-state index contributed by atoms with van der Waals surface area (Å²) in [5, 5.41) is 3.18. The molecule has 0 amide bonds. The Morgan fingerprint density at radius 2 is 2.14 bits per heavy atom. The van der Waals surface area contributed by atoms with Gasteiger partial charge in [-0.2, -0.15) is 0 Å². The molecule has 0 aromatic heterocycles. The summed E-state index contributed by atoms with van der Waals surface area (Å²) in [5.74, 6) is -1.10. The highest BCUT2D eigenvalue weighted by Gasteiger charge is 2.27. The predicted molar refractivity (Wildman–Crippen MR) is 50.9 cm³/mol. The molecule has 76 valence electrons. The van der Waals surface area contributed by atoms with Crippen LogP contribution in [0, 0.1) is 17.6 Å². The summed E-state index contributed by atoms with van der Waals surface area (Å²) in [5.41, 5.74) is 0.454. The summed E-state index contributed by atoms with van der Waals surface area (Å²) in [6.07, 6.45) is 1.01. The minimum atomic E-state index is -0.761. The van der Waals surface area contributed by atoms with E-state index in [4.69, 9.17) is 0 Å². The summed E-state index contributed by atoms with van der Waals surface area (Å²) in [4.78, 5) is 0. The highest BCUT2D eigenvalue weighted by atomic mass is 19.2. The molecule has 0 radical (unpaired) electrons. The van der Waals surface area contributed by atoms with E-state index in [1.54, 1.807) is 12.1 Å². The second-order valence-corrected chi connectivity index (χ2v) is 3.84. The topological polar surface area (TPSA) is 12.0 Å². The molecule has 0 saturated carbocycles. The van der Waals surface area contributed by atoms with Crippen LogP contribution in [-0.4, -0.2) is 6.54 Å². The predicted octanol–water partition coefficient (Wildman–Crippen LogP) is 2.64. The molecule has 2 unspecified atom stereocenters. The quantitative estimate of drug-likeness (QED) is 0.729. The second-order valence-electron chi connectivity index (χ2n) is 3.84. The van der Waals surface area contributed by atoms with Crippen molar-refractivity contribution >= 4 is 0 Å². The van der Waals surface area contributed by atoms with E-state index in [9.17, 15) is 8.78 Å². The third kappa shape index (κ3) is 1.52. The van der Waals surface area contributed by atoms with Crippen LogP contribution in [0.25, 0.3) is 0 Å². The third-order valence-corrected chi connectivity index (χ3v) is 2.85. The zero-order chi connectivity index (χ0) is 10.1. The Labute approximate surface area is 82.1 Å². The van der Waals surface area contributed by atoms with Crippen molar-refractivity contribution in [3.63, 3.8) is 0 Å². The molecule has 3 heteroatoms. The Morgan fingerprint density at radius 1 is 1.36 bits per heavy atom. The van der Waals surface area contributed by atoms with Crippen LogP contribution in [0.2, 0.25) is 0 Å². The van der Waals surface area contributed by atoms with Crippen molar-refractivity contribution in [3.05, 3.63) is 35.4 Å². The molecule has 1 aliphatic heterocycles. The van der Waals surface area contributed by atoms with Gasteiger partial charge in [0, 0.05) is 11.6 Å². The maximum Gasteiger partial charge on any atom is 0.163 e. The lowest BCUT2D eigenvalue weighted by molar-refractivity contribution is 0.446. The smallest absolute Gasteiger partial charge is 0.163 e. The van der Waals surface area contributed by atoms with Crippen molar-refractivity contribution < 1.29 is 8.78 Å². The van der Waals surface area contributed by atoms with E-state index >= 15 is 0 Å². The van der Waals surface area contributed by atoms with E-state index in [0.717, 1.165) is 19.0 Å². The Bertz CT molecular complexity index is 338. The first-order valence-electron chi connectivity index (χ1n) is 4.87. The molecule has 1 aliphatic rings. The lowest BCUT2D eigenvalue weighted by Gasteiger charge is -2.16. The first kappa shape index (κ1) is 9.59. The number of hydrogen-bond donors (Lipinski definition) is 1. The highest BCUT2D eigenvalue weighted by molar-refractivity contribution is 5.23. The van der Waals surface area contributed by atoms with Crippen molar-refractivity contribution in [2.24, 2.45) is 5.92 Å². The number of halogens is 2. The number of nitrogens with one attached hydrogen (secondary N) is 1. The molecule has 0 aliphatic carbocycles. The van der Waals surface area contributed by atoms with Crippen molar-refractivity contribution in [2.45, 2.75) is 19.4 Å². The van der Waals surface area contributed by atoms with Gasteiger partial charge >= 0.3 is 0 Å². The molecule has 2 rings (SSSR count). The maximum atomic E-state index is 13.4. The summed E-state index contributed by atoms with van der Waals surface area (Å²) in [6, 6.07) is 4.32. The van der Waals surface area contributed by atoms with E-state index in [1.807, 2.05) is 0 Å². The Balaban J connectivity index is 2.36. The fourth-order valence-corrected chi connectivity index (χ4v) is 2.01. The second kappa shape index (κ2) is 3.65. The number of rotatable bonds is 1. The first-order chi connectivity index (χ1) is 6.70. The first-order valence-corrected chi connectivity index (χ1v) is 4.87. The molecule has 1 heterocycles. The SMILES string of the molecule is CC1CCNC1c1cccc(F)c1F. The van der Waals surface area contributed by atoms with Gasteiger partial charge in [0.25, 0.3) is 0 Å². The summed E-state index contributed by atoms with van der Waals surface area (Å²) in [7, 11) is 0. The van der Waals surface area contributed by atoms with Gasteiger partial charge < -0.3 is 5.32 Å². The van der Waals surface area contributed by atoms with Crippen LogP contribution in [0.15, 0.2) is 18.2 Å². The molecule has 1 saturated heterocycles. The third-order valence-electron chi connectivity index (χ3n) is 2.85. The molecule has 1 aromatic carbocycles. The maximum absolute atomic E-state index is 13.4. The summed E-state index contributed by atoms with van der Waals surface area (Å²) >= 11 is 0. The van der Waals surface area contributed by atoms with Crippen LogP contribution in [-0.2, 0) is 0 Å². The van der Waals surface area contributed by atoms with Crippen LogP contribution in [0.1, 0.15) is 24.9 Å². The van der Waals surface area contributed by atoms with Gasteiger partial charge in [0.15, 0.2) is 11.6 Å². The average Bonchev–Trinajstić information content (AvgIpc) is 2.57. The molecule has 2 atom stereocenters. The monoisotopic (exact) mass is 197 g/mol. The van der Waals surface area contributed by atoms with Gasteiger partial charge in [0.1, 0.15) is 0 Å². The molecule has 14 heavy (non-hydrogen) atoms. The number of benzene rings is 1. The minimum absolute atomic E-state index is 0.0364. The van der Waals surface area contributed by atoms with Crippen LogP contribution in [0.4, 0.5) is 8.78 Å². The van der Waals surface area contributed by atoms with Gasteiger partial charge in [0.2, 0.25) is 0 Å². The van der Waals surface area contributed by atoms with E-state index in [2.05, 4.69) is 12.2 Å². The van der Waals surface area contributed by atoms with Crippen LogP contribution < -0.4 is 5.32 Å².